The van der Waals surface area contributed by atoms with Crippen molar-refractivity contribution in [2.24, 2.45) is 0 Å². The van der Waals surface area contributed by atoms with Crippen molar-refractivity contribution in [2.75, 3.05) is 0 Å². The zero-order chi connectivity index (χ0) is 10.7. The van der Waals surface area contributed by atoms with Crippen LogP contribution in [0.1, 0.15) is 0 Å². The molecular formula is H3NaO9PdS3. The summed E-state index contributed by atoms with van der Waals surface area (Å²) in [5, 5.41) is 0. The van der Waals surface area contributed by atoms with Crippen LogP contribution in [0.4, 0.5) is 0 Å². The van der Waals surface area contributed by atoms with Crippen molar-refractivity contribution < 1.29 is 89.9 Å². The minimum atomic E-state index is -2.86. The average molecular weight is 373 g/mol. The zero-order valence-electron chi connectivity index (χ0n) is 6.33. The summed E-state index contributed by atoms with van der Waals surface area (Å²) in [5.41, 5.74) is 0. The Hall–Kier alpha value is 1.87. The van der Waals surface area contributed by atoms with E-state index in [-0.39, 0.29) is 50.0 Å². The molecule has 0 saturated heterocycles. The second-order valence-electron chi connectivity index (χ2n) is 0.651. The first-order valence-corrected chi connectivity index (χ1v) is 4.64. The first-order chi connectivity index (χ1) is 5.20. The number of rotatable bonds is 0. The van der Waals surface area contributed by atoms with Gasteiger partial charge in [0.2, 0.25) is 0 Å². The van der Waals surface area contributed by atoms with Gasteiger partial charge in [-0.25, -0.2) is 12.6 Å². The van der Waals surface area contributed by atoms with Gasteiger partial charge in [0.05, 0.1) is 34.1 Å². The van der Waals surface area contributed by atoms with Crippen LogP contribution in [0.25, 0.3) is 0 Å². The van der Waals surface area contributed by atoms with Gasteiger partial charge in [0.1, 0.15) is 0 Å². The molecule has 0 aliphatic rings. The van der Waals surface area contributed by atoms with Crippen molar-refractivity contribution in [3.05, 3.63) is 0 Å². The van der Waals surface area contributed by atoms with E-state index in [2.05, 4.69) is 0 Å². The van der Waals surface area contributed by atoms with Crippen LogP contribution >= 0.6 is 0 Å². The summed E-state index contributed by atoms with van der Waals surface area (Å²) in [5.74, 6) is 0. The predicted octanol–water partition coefficient (Wildman–Crippen LogP) is -4.98. The summed E-state index contributed by atoms with van der Waals surface area (Å²) >= 11 is -8.58. The van der Waals surface area contributed by atoms with E-state index in [0.717, 1.165) is 0 Å². The predicted molar refractivity (Wildman–Crippen MR) is 34.6 cm³/mol. The summed E-state index contributed by atoms with van der Waals surface area (Å²) in [6.07, 6.45) is 0. The van der Waals surface area contributed by atoms with Gasteiger partial charge in [-0.05, 0) is 0 Å². The van der Waals surface area contributed by atoms with E-state index >= 15 is 0 Å². The van der Waals surface area contributed by atoms with Gasteiger partial charge in [-0.1, -0.05) is 0 Å². The standard InChI is InChI=1S/Na.3H2O3S.Pd/c;3*1-4(2)3;/h;3*(H2,1,2,3);/q+1;;;;+2/p-3. The van der Waals surface area contributed by atoms with Gasteiger partial charge in [-0.15, -0.1) is 0 Å². The van der Waals surface area contributed by atoms with Crippen molar-refractivity contribution in [2.45, 2.75) is 0 Å². The van der Waals surface area contributed by atoms with Gasteiger partial charge in [0, 0.05) is 0 Å². The first-order valence-electron chi connectivity index (χ1n) is 1.55. The van der Waals surface area contributed by atoms with Crippen molar-refractivity contribution in [3.8, 4) is 0 Å². The molecule has 86 valence electrons. The smallest absolute Gasteiger partial charge is 0.750 e. The molecule has 0 amide bonds. The third-order valence-corrected chi connectivity index (χ3v) is 0. The Kier molecular flexibility index (Phi) is 51.4. The van der Waals surface area contributed by atoms with Crippen LogP contribution in [0.15, 0.2) is 0 Å². The Morgan fingerprint density at radius 3 is 0.714 bits per heavy atom. The zero-order valence-corrected chi connectivity index (χ0v) is 12.3. The number of hydrogen-bond donors (Lipinski definition) is 3. The molecule has 14 heavy (non-hydrogen) atoms. The van der Waals surface area contributed by atoms with Gasteiger partial charge in [-0.3, -0.25) is 0 Å². The maximum absolute atomic E-state index is 8.56. The molecule has 0 aliphatic heterocycles. The molecular weight excluding hydrogens is 370 g/mol. The van der Waals surface area contributed by atoms with Crippen molar-refractivity contribution in [3.63, 3.8) is 0 Å². The fourth-order valence-corrected chi connectivity index (χ4v) is 0. The van der Waals surface area contributed by atoms with Gasteiger partial charge >= 0.3 is 50.0 Å². The molecule has 0 bridgehead atoms. The van der Waals surface area contributed by atoms with Gasteiger partial charge in [0.25, 0.3) is 0 Å². The van der Waals surface area contributed by atoms with Crippen LogP contribution in [0.3, 0.4) is 0 Å². The van der Waals surface area contributed by atoms with E-state index in [9.17, 15) is 0 Å². The Labute approximate surface area is 123 Å². The third-order valence-electron chi connectivity index (χ3n) is 0. The first kappa shape index (κ1) is 29.7. The summed E-state index contributed by atoms with van der Waals surface area (Å²) in [7, 11) is 0. The van der Waals surface area contributed by atoms with Gasteiger partial charge < -0.3 is 27.3 Å². The SMILES string of the molecule is O=S([O-])O.O=S([O-])O.O=S([O-])O.[Na+].[Pd+2]. The van der Waals surface area contributed by atoms with Gasteiger partial charge in [-0.2, -0.15) is 0 Å². The van der Waals surface area contributed by atoms with Crippen molar-refractivity contribution >= 4 is 34.1 Å². The minimum absolute atomic E-state index is 0. The van der Waals surface area contributed by atoms with E-state index in [4.69, 9.17) is 39.9 Å². The van der Waals surface area contributed by atoms with E-state index in [1.807, 2.05) is 0 Å². The van der Waals surface area contributed by atoms with Crippen molar-refractivity contribution in [1.82, 2.24) is 0 Å². The van der Waals surface area contributed by atoms with Crippen LogP contribution in [0.5, 0.6) is 0 Å². The van der Waals surface area contributed by atoms with Crippen LogP contribution in [-0.2, 0) is 54.5 Å². The minimum Gasteiger partial charge on any atom is -0.750 e. The largest absolute Gasteiger partial charge is 2.00 e. The van der Waals surface area contributed by atoms with Crippen LogP contribution in [-0.4, -0.2) is 39.9 Å². The summed E-state index contributed by atoms with van der Waals surface area (Å²) in [6, 6.07) is 0. The second kappa shape index (κ2) is 24.2. The van der Waals surface area contributed by atoms with E-state index in [1.54, 1.807) is 0 Å². The maximum Gasteiger partial charge on any atom is 2.00 e. The molecule has 3 N–H and O–H groups in total. The Morgan fingerprint density at radius 1 is 0.714 bits per heavy atom. The molecule has 0 rings (SSSR count). The average Bonchev–Trinajstić information content (AvgIpc) is 1.54. The summed E-state index contributed by atoms with van der Waals surface area (Å²) in [4.78, 5) is 0. The summed E-state index contributed by atoms with van der Waals surface area (Å²) in [6.45, 7) is 0. The third kappa shape index (κ3) is 656. The molecule has 3 atom stereocenters. The molecule has 0 spiro atoms. The summed E-state index contributed by atoms with van der Waals surface area (Å²) < 4.78 is 72.2. The topological polar surface area (TPSA) is 181 Å². The molecule has 0 radical (unpaired) electrons. The Balaban J connectivity index is -0.0000000270. The van der Waals surface area contributed by atoms with Crippen LogP contribution in [0, 0.1) is 0 Å². The second-order valence-corrected chi connectivity index (χ2v) is 1.95. The molecule has 9 nitrogen and oxygen atoms in total. The Morgan fingerprint density at radius 2 is 0.714 bits per heavy atom. The van der Waals surface area contributed by atoms with Gasteiger partial charge in [0.15, 0.2) is 0 Å². The van der Waals surface area contributed by atoms with Crippen LogP contribution < -0.4 is 29.6 Å². The molecule has 0 aromatic carbocycles. The van der Waals surface area contributed by atoms with Crippen LogP contribution in [0.2, 0.25) is 0 Å². The van der Waals surface area contributed by atoms with E-state index < -0.39 is 34.1 Å². The molecule has 0 aromatic heterocycles. The Bertz CT molecular complexity index is 118. The van der Waals surface area contributed by atoms with E-state index in [0.29, 0.717) is 0 Å². The molecule has 0 saturated carbocycles. The molecule has 3 unspecified atom stereocenters. The molecule has 0 fully saturated rings. The molecule has 0 heterocycles. The normalized spacial score (nSPS) is 13.3. The maximum atomic E-state index is 8.56. The molecule has 0 aromatic rings. The van der Waals surface area contributed by atoms with Crippen molar-refractivity contribution in [1.29, 1.82) is 0 Å². The number of hydrogen-bond acceptors (Lipinski definition) is 6. The fourth-order valence-electron chi connectivity index (χ4n) is 0. The van der Waals surface area contributed by atoms with E-state index in [1.165, 1.54) is 0 Å². The fraction of sp³-hybridized carbons (Fsp3) is 0. The monoisotopic (exact) mass is 372 g/mol. The quantitative estimate of drug-likeness (QED) is 0.277. The molecule has 14 heteroatoms. The molecule has 0 aliphatic carbocycles.